The van der Waals surface area contributed by atoms with Crippen LogP contribution in [0.2, 0.25) is 0 Å². The molecule has 0 spiro atoms. The van der Waals surface area contributed by atoms with Gasteiger partial charge < -0.3 is 14.0 Å². The Labute approximate surface area is 169 Å². The number of carbonyl (C=O) groups is 1. The van der Waals surface area contributed by atoms with Crippen LogP contribution in [0.1, 0.15) is 22.5 Å². The number of ether oxygens (including phenoxy) is 2. The van der Waals surface area contributed by atoms with Gasteiger partial charge in [0.2, 0.25) is 6.10 Å². The summed E-state index contributed by atoms with van der Waals surface area (Å²) in [7, 11) is 0. The Hall–Kier alpha value is -3.54. The molecule has 1 aromatic heterocycles. The second kappa shape index (κ2) is 7.83. The van der Waals surface area contributed by atoms with E-state index in [1.165, 1.54) is 5.56 Å². The Kier molecular flexibility index (Phi) is 5.08. The second-order valence-electron chi connectivity index (χ2n) is 7.10. The number of fused-ring (bicyclic) bond motifs is 1. The van der Waals surface area contributed by atoms with E-state index < -0.39 is 6.10 Å². The number of hydrogen-bond acceptors (Lipinski definition) is 4. The van der Waals surface area contributed by atoms with Gasteiger partial charge in [0.15, 0.2) is 11.5 Å². The first-order chi connectivity index (χ1) is 14.0. The summed E-state index contributed by atoms with van der Waals surface area (Å²) in [5.74, 6) is 0.858. The molecule has 0 saturated heterocycles. The molecule has 0 bridgehead atoms. The fourth-order valence-corrected chi connectivity index (χ4v) is 3.47. The van der Waals surface area contributed by atoms with Crippen molar-refractivity contribution in [3.63, 3.8) is 0 Å². The third kappa shape index (κ3) is 3.87. The topological polar surface area (TPSA) is 64.9 Å². The smallest absolute Gasteiger partial charge is 0.284 e. The Bertz CT molecular complexity index is 1080. The van der Waals surface area contributed by atoms with Gasteiger partial charge in [-0.3, -0.25) is 4.79 Å². The molecule has 0 aliphatic carbocycles. The fraction of sp³-hybridized carbons (Fsp3) is 0.217. The molecule has 1 atom stereocenters. The van der Waals surface area contributed by atoms with E-state index in [1.807, 2.05) is 37.3 Å². The summed E-state index contributed by atoms with van der Waals surface area (Å²) in [4.78, 5) is 12.4. The zero-order valence-corrected chi connectivity index (χ0v) is 16.7. The van der Waals surface area contributed by atoms with Crippen LogP contribution in [0.3, 0.4) is 0 Å². The van der Waals surface area contributed by atoms with Crippen molar-refractivity contribution in [2.75, 3.05) is 6.61 Å². The first-order valence-corrected chi connectivity index (χ1v) is 9.50. The molecule has 1 N–H and O–H groups in total. The van der Waals surface area contributed by atoms with Gasteiger partial charge >= 0.3 is 0 Å². The number of nitrogens with zero attached hydrogens (tertiary/aromatic N) is 2. The summed E-state index contributed by atoms with van der Waals surface area (Å²) in [6, 6.07) is 17.7. The van der Waals surface area contributed by atoms with E-state index >= 15 is 0 Å². The molecule has 6 heteroatoms. The van der Waals surface area contributed by atoms with E-state index in [0.29, 0.717) is 11.5 Å². The third-order valence-corrected chi connectivity index (χ3v) is 4.91. The molecule has 0 radical (unpaired) electrons. The van der Waals surface area contributed by atoms with Crippen LogP contribution in [-0.4, -0.2) is 29.4 Å². The van der Waals surface area contributed by atoms with Gasteiger partial charge in [-0.05, 0) is 56.7 Å². The standard InChI is InChI=1S/C23H23N3O3/c1-15-7-6-8-19(11-15)26-16(2)12-18(17(26)3)13-24-25-23(27)22-14-28-20-9-4-5-10-21(20)29-22/h4-13,22H,14H2,1-3H3,(H,25,27)/b24-13+. The number of nitrogens with one attached hydrogen (secondary N) is 1. The largest absolute Gasteiger partial charge is 0.485 e. The first-order valence-electron chi connectivity index (χ1n) is 9.50. The Morgan fingerprint density at radius 1 is 1.10 bits per heavy atom. The van der Waals surface area contributed by atoms with Crippen LogP contribution >= 0.6 is 0 Å². The molecule has 0 saturated carbocycles. The van der Waals surface area contributed by atoms with Crippen molar-refractivity contribution in [3.05, 3.63) is 77.1 Å². The van der Waals surface area contributed by atoms with Gasteiger partial charge in [-0.2, -0.15) is 5.10 Å². The first kappa shape index (κ1) is 18.8. The van der Waals surface area contributed by atoms with Crippen molar-refractivity contribution in [1.29, 1.82) is 0 Å². The minimum absolute atomic E-state index is 0.153. The van der Waals surface area contributed by atoms with Crippen LogP contribution in [0, 0.1) is 20.8 Å². The quantitative estimate of drug-likeness (QED) is 0.547. The zero-order valence-electron chi connectivity index (χ0n) is 16.7. The average Bonchev–Trinajstić information content (AvgIpc) is 3.00. The second-order valence-corrected chi connectivity index (χ2v) is 7.10. The van der Waals surface area contributed by atoms with Crippen LogP contribution in [0.25, 0.3) is 5.69 Å². The summed E-state index contributed by atoms with van der Waals surface area (Å²) < 4.78 is 13.4. The highest BCUT2D eigenvalue weighted by molar-refractivity contribution is 5.86. The minimum atomic E-state index is -0.734. The van der Waals surface area contributed by atoms with E-state index in [-0.39, 0.29) is 12.5 Å². The molecular weight excluding hydrogens is 366 g/mol. The lowest BCUT2D eigenvalue weighted by Gasteiger charge is -2.24. The molecule has 2 aromatic carbocycles. The van der Waals surface area contributed by atoms with Gasteiger partial charge in [-0.15, -0.1) is 0 Å². The van der Waals surface area contributed by atoms with Gasteiger partial charge in [-0.25, -0.2) is 5.43 Å². The fourth-order valence-electron chi connectivity index (χ4n) is 3.47. The number of rotatable bonds is 4. The molecule has 1 aliphatic heterocycles. The van der Waals surface area contributed by atoms with Gasteiger partial charge in [0.25, 0.3) is 5.91 Å². The van der Waals surface area contributed by atoms with Crippen molar-refractivity contribution in [3.8, 4) is 17.2 Å². The third-order valence-electron chi connectivity index (χ3n) is 4.91. The molecule has 6 nitrogen and oxygen atoms in total. The lowest BCUT2D eigenvalue weighted by molar-refractivity contribution is -0.130. The highest BCUT2D eigenvalue weighted by Gasteiger charge is 2.27. The molecule has 1 aliphatic rings. The number of hydrazone groups is 1. The van der Waals surface area contributed by atoms with E-state index in [0.717, 1.165) is 22.6 Å². The predicted octanol–water partition coefficient (Wildman–Crippen LogP) is 3.69. The van der Waals surface area contributed by atoms with E-state index in [1.54, 1.807) is 12.3 Å². The van der Waals surface area contributed by atoms with Crippen molar-refractivity contribution >= 4 is 12.1 Å². The van der Waals surface area contributed by atoms with Gasteiger partial charge in [-0.1, -0.05) is 24.3 Å². The number of benzene rings is 2. The van der Waals surface area contributed by atoms with Crippen molar-refractivity contribution < 1.29 is 14.3 Å². The number of para-hydroxylation sites is 2. The SMILES string of the molecule is Cc1cccc(-n2c(C)cc(/C=N/NC(=O)C3COc4ccccc4O3)c2C)c1. The summed E-state index contributed by atoms with van der Waals surface area (Å²) in [5.41, 5.74) is 7.95. The zero-order chi connectivity index (χ0) is 20.4. The maximum Gasteiger partial charge on any atom is 0.284 e. The molecule has 1 unspecified atom stereocenters. The molecule has 148 valence electrons. The summed E-state index contributed by atoms with van der Waals surface area (Å²) >= 11 is 0. The highest BCUT2D eigenvalue weighted by atomic mass is 16.6. The van der Waals surface area contributed by atoms with Gasteiger partial charge in [0.1, 0.15) is 6.61 Å². The normalized spacial score (nSPS) is 15.5. The maximum atomic E-state index is 12.4. The van der Waals surface area contributed by atoms with E-state index in [4.69, 9.17) is 9.47 Å². The Balaban J connectivity index is 1.45. The van der Waals surface area contributed by atoms with Crippen LogP contribution in [0.5, 0.6) is 11.5 Å². The van der Waals surface area contributed by atoms with Crippen LogP contribution in [-0.2, 0) is 4.79 Å². The van der Waals surface area contributed by atoms with Crippen molar-refractivity contribution in [2.45, 2.75) is 26.9 Å². The van der Waals surface area contributed by atoms with Crippen LogP contribution in [0.4, 0.5) is 0 Å². The molecule has 4 rings (SSSR count). The lowest BCUT2D eigenvalue weighted by atomic mass is 10.2. The summed E-state index contributed by atoms with van der Waals surface area (Å²) in [5, 5.41) is 4.13. The highest BCUT2D eigenvalue weighted by Crippen LogP contribution is 2.30. The molecule has 3 aromatic rings. The van der Waals surface area contributed by atoms with Gasteiger partial charge in [0.05, 0.1) is 6.21 Å². The summed E-state index contributed by atoms with van der Waals surface area (Å²) in [6.45, 7) is 6.31. The number of amides is 1. The molecule has 1 amide bonds. The van der Waals surface area contributed by atoms with Gasteiger partial charge in [0, 0.05) is 22.6 Å². The van der Waals surface area contributed by atoms with Crippen molar-refractivity contribution in [1.82, 2.24) is 9.99 Å². The number of carbonyl (C=O) groups excluding carboxylic acids is 1. The summed E-state index contributed by atoms with van der Waals surface area (Å²) in [6.07, 6.45) is 0.922. The van der Waals surface area contributed by atoms with Crippen LogP contribution in [0.15, 0.2) is 59.7 Å². The minimum Gasteiger partial charge on any atom is -0.485 e. The molecule has 2 heterocycles. The number of aromatic nitrogens is 1. The maximum absolute atomic E-state index is 12.4. The monoisotopic (exact) mass is 389 g/mol. The lowest BCUT2D eigenvalue weighted by Crippen LogP contribution is -2.42. The Morgan fingerprint density at radius 3 is 2.69 bits per heavy atom. The molecule has 29 heavy (non-hydrogen) atoms. The predicted molar refractivity (Wildman–Crippen MR) is 112 cm³/mol. The average molecular weight is 389 g/mol. The Morgan fingerprint density at radius 2 is 1.90 bits per heavy atom. The van der Waals surface area contributed by atoms with Crippen LogP contribution < -0.4 is 14.9 Å². The molecular formula is C23H23N3O3. The van der Waals surface area contributed by atoms with E-state index in [9.17, 15) is 4.79 Å². The van der Waals surface area contributed by atoms with E-state index in [2.05, 4.69) is 47.1 Å². The number of hydrogen-bond donors (Lipinski definition) is 1. The number of aryl methyl sites for hydroxylation is 2. The van der Waals surface area contributed by atoms with Crippen molar-refractivity contribution in [2.24, 2.45) is 5.10 Å². The molecule has 0 fully saturated rings.